The minimum absolute atomic E-state index is 0.0305. The average molecular weight is 409 g/mol. The fourth-order valence-electron chi connectivity index (χ4n) is 3.96. The van der Waals surface area contributed by atoms with Crippen LogP contribution in [0.3, 0.4) is 0 Å². The van der Waals surface area contributed by atoms with Gasteiger partial charge in [-0.15, -0.1) is 0 Å². The fourth-order valence-corrected chi connectivity index (χ4v) is 5.69. The molecule has 2 atom stereocenters. The number of ether oxygens (including phenoxy) is 1. The van der Waals surface area contributed by atoms with Gasteiger partial charge in [-0.2, -0.15) is 0 Å². The number of benzene rings is 1. The van der Waals surface area contributed by atoms with Crippen LogP contribution in [0.15, 0.2) is 24.3 Å². The summed E-state index contributed by atoms with van der Waals surface area (Å²) in [6.07, 6.45) is 2.38. The number of nitrogens with zero attached hydrogens (tertiary/aromatic N) is 2. The highest BCUT2D eigenvalue weighted by Crippen LogP contribution is 2.30. The van der Waals surface area contributed by atoms with Gasteiger partial charge in [-0.05, 0) is 25.0 Å². The standard InChI is InChI=1S/C20H28N2O5S/c1-3-4-9-21(17-8-10-28(25,26)14-17)20(24)15-11-19(23)22(13-15)16-6-5-7-18(12-16)27-2/h5-7,12,15,17H,3-4,8-11,13-14H2,1-2H3. The van der Waals surface area contributed by atoms with Crippen molar-refractivity contribution in [2.45, 2.75) is 38.6 Å². The Labute approximate surface area is 166 Å². The summed E-state index contributed by atoms with van der Waals surface area (Å²) in [4.78, 5) is 29.1. The molecular weight excluding hydrogens is 380 g/mol. The molecule has 2 aliphatic rings. The van der Waals surface area contributed by atoms with Crippen molar-refractivity contribution in [1.82, 2.24) is 4.90 Å². The molecule has 0 aromatic heterocycles. The SMILES string of the molecule is CCCCN(C(=O)C1CC(=O)N(c2cccc(OC)c2)C1)C1CCS(=O)(=O)C1. The molecule has 0 bridgehead atoms. The Morgan fingerprint density at radius 1 is 1.36 bits per heavy atom. The van der Waals surface area contributed by atoms with Gasteiger partial charge in [0.15, 0.2) is 9.84 Å². The van der Waals surface area contributed by atoms with Gasteiger partial charge in [0.25, 0.3) is 0 Å². The zero-order valence-corrected chi connectivity index (χ0v) is 17.3. The molecule has 2 aliphatic heterocycles. The molecule has 2 unspecified atom stereocenters. The summed E-state index contributed by atoms with van der Waals surface area (Å²) in [6, 6.07) is 6.95. The van der Waals surface area contributed by atoms with Crippen LogP contribution < -0.4 is 9.64 Å². The van der Waals surface area contributed by atoms with Crippen molar-refractivity contribution in [2.24, 2.45) is 5.92 Å². The van der Waals surface area contributed by atoms with Gasteiger partial charge < -0.3 is 14.5 Å². The molecule has 2 fully saturated rings. The minimum atomic E-state index is -3.08. The van der Waals surface area contributed by atoms with E-state index in [-0.39, 0.29) is 35.8 Å². The average Bonchev–Trinajstić information content (AvgIpc) is 3.24. The van der Waals surface area contributed by atoms with Gasteiger partial charge in [-0.3, -0.25) is 9.59 Å². The summed E-state index contributed by atoms with van der Waals surface area (Å²) in [5.74, 6) is 0.172. The summed E-state index contributed by atoms with van der Waals surface area (Å²) in [5.41, 5.74) is 0.711. The van der Waals surface area contributed by atoms with Crippen LogP contribution in [-0.4, -0.2) is 62.9 Å². The predicted octanol–water partition coefficient (Wildman–Crippen LogP) is 1.86. The maximum Gasteiger partial charge on any atom is 0.228 e. The normalized spacial score (nSPS) is 23.8. The van der Waals surface area contributed by atoms with Crippen LogP contribution in [0.2, 0.25) is 0 Å². The lowest BCUT2D eigenvalue weighted by molar-refractivity contribution is -0.137. The lowest BCUT2D eigenvalue weighted by Gasteiger charge is -2.30. The van der Waals surface area contributed by atoms with E-state index in [1.54, 1.807) is 29.0 Å². The van der Waals surface area contributed by atoms with Gasteiger partial charge in [0.05, 0.1) is 24.5 Å². The zero-order valence-electron chi connectivity index (χ0n) is 16.5. The van der Waals surface area contributed by atoms with Gasteiger partial charge >= 0.3 is 0 Å². The molecule has 8 heteroatoms. The van der Waals surface area contributed by atoms with Crippen LogP contribution in [-0.2, 0) is 19.4 Å². The topological polar surface area (TPSA) is 84.0 Å². The molecule has 2 amide bonds. The van der Waals surface area contributed by atoms with Gasteiger partial charge in [0, 0.05) is 37.3 Å². The van der Waals surface area contributed by atoms with Gasteiger partial charge in [0.1, 0.15) is 5.75 Å². The number of hydrogen-bond acceptors (Lipinski definition) is 5. The first-order valence-corrected chi connectivity index (χ1v) is 11.6. The lowest BCUT2D eigenvalue weighted by Crippen LogP contribution is -2.45. The van der Waals surface area contributed by atoms with Crippen LogP contribution in [0.4, 0.5) is 5.69 Å². The summed E-state index contributed by atoms with van der Waals surface area (Å²) in [5, 5.41) is 0. The number of methoxy groups -OCH3 is 1. The molecule has 1 aromatic rings. The molecule has 0 N–H and O–H groups in total. The number of amides is 2. The summed E-state index contributed by atoms with van der Waals surface area (Å²) in [7, 11) is -1.51. The van der Waals surface area contributed by atoms with E-state index in [9.17, 15) is 18.0 Å². The van der Waals surface area contributed by atoms with E-state index in [4.69, 9.17) is 4.74 Å². The summed E-state index contributed by atoms with van der Waals surface area (Å²) in [6.45, 7) is 2.89. The molecule has 2 heterocycles. The second kappa shape index (κ2) is 8.51. The summed E-state index contributed by atoms with van der Waals surface area (Å²) >= 11 is 0. The monoisotopic (exact) mass is 408 g/mol. The molecule has 1 aromatic carbocycles. The molecule has 154 valence electrons. The number of rotatable bonds is 7. The van der Waals surface area contributed by atoms with Crippen molar-refractivity contribution < 1.29 is 22.7 Å². The maximum atomic E-state index is 13.2. The number of hydrogen-bond donors (Lipinski definition) is 0. The van der Waals surface area contributed by atoms with Crippen LogP contribution in [0.5, 0.6) is 5.75 Å². The Balaban J connectivity index is 1.75. The molecule has 7 nitrogen and oxygen atoms in total. The van der Waals surface area contributed by atoms with E-state index in [1.165, 1.54) is 0 Å². The zero-order chi connectivity index (χ0) is 20.3. The molecule has 0 aliphatic carbocycles. The lowest BCUT2D eigenvalue weighted by atomic mass is 10.0. The quantitative estimate of drug-likeness (QED) is 0.688. The van der Waals surface area contributed by atoms with E-state index in [2.05, 4.69) is 0 Å². The highest BCUT2D eigenvalue weighted by molar-refractivity contribution is 7.91. The third kappa shape index (κ3) is 4.48. The van der Waals surface area contributed by atoms with Crippen molar-refractivity contribution in [3.63, 3.8) is 0 Å². The highest BCUT2D eigenvalue weighted by atomic mass is 32.2. The van der Waals surface area contributed by atoms with Crippen molar-refractivity contribution >= 4 is 27.3 Å². The van der Waals surface area contributed by atoms with Crippen molar-refractivity contribution in [3.05, 3.63) is 24.3 Å². The van der Waals surface area contributed by atoms with Crippen LogP contribution in [0.25, 0.3) is 0 Å². The van der Waals surface area contributed by atoms with Crippen LogP contribution in [0.1, 0.15) is 32.6 Å². The molecule has 0 radical (unpaired) electrons. The second-order valence-electron chi connectivity index (χ2n) is 7.55. The number of anilines is 1. The van der Waals surface area contributed by atoms with Gasteiger partial charge in [-0.1, -0.05) is 19.4 Å². The van der Waals surface area contributed by atoms with Gasteiger partial charge in [-0.25, -0.2) is 8.42 Å². The summed E-state index contributed by atoms with van der Waals surface area (Å²) < 4.78 is 29.0. The molecule has 28 heavy (non-hydrogen) atoms. The van der Waals surface area contributed by atoms with Crippen molar-refractivity contribution in [1.29, 1.82) is 0 Å². The molecule has 3 rings (SSSR count). The van der Waals surface area contributed by atoms with Crippen LogP contribution in [0, 0.1) is 5.92 Å². The molecule has 0 saturated carbocycles. The van der Waals surface area contributed by atoms with E-state index < -0.39 is 15.8 Å². The third-order valence-corrected chi connectivity index (χ3v) is 7.27. The second-order valence-corrected chi connectivity index (χ2v) is 9.78. The van der Waals surface area contributed by atoms with E-state index in [0.29, 0.717) is 30.9 Å². The number of sulfone groups is 1. The Morgan fingerprint density at radius 2 is 2.14 bits per heavy atom. The molecule has 0 spiro atoms. The first-order chi connectivity index (χ1) is 13.3. The third-order valence-electron chi connectivity index (χ3n) is 5.52. The molecular formula is C20H28N2O5S. The first-order valence-electron chi connectivity index (χ1n) is 9.80. The van der Waals surface area contributed by atoms with Crippen molar-refractivity contribution in [2.75, 3.05) is 36.6 Å². The van der Waals surface area contributed by atoms with Crippen molar-refractivity contribution in [3.8, 4) is 5.75 Å². The Bertz CT molecular complexity index is 839. The van der Waals surface area contributed by atoms with E-state index in [0.717, 1.165) is 12.8 Å². The first kappa shape index (κ1) is 20.6. The largest absolute Gasteiger partial charge is 0.497 e. The van der Waals surface area contributed by atoms with E-state index >= 15 is 0 Å². The van der Waals surface area contributed by atoms with E-state index in [1.807, 2.05) is 19.1 Å². The van der Waals surface area contributed by atoms with Gasteiger partial charge in [0.2, 0.25) is 11.8 Å². The highest BCUT2D eigenvalue weighted by Gasteiger charge is 2.41. The fraction of sp³-hybridized carbons (Fsp3) is 0.600. The predicted molar refractivity (Wildman–Crippen MR) is 107 cm³/mol. The maximum absolute atomic E-state index is 13.2. The Morgan fingerprint density at radius 3 is 2.79 bits per heavy atom. The number of carbonyl (C=O) groups is 2. The Kier molecular flexibility index (Phi) is 6.27. The smallest absolute Gasteiger partial charge is 0.228 e. The van der Waals surface area contributed by atoms with Crippen LogP contribution >= 0.6 is 0 Å². The minimum Gasteiger partial charge on any atom is -0.497 e. The number of unbranched alkanes of at least 4 members (excludes halogenated alkanes) is 1. The molecule has 2 saturated heterocycles. The number of carbonyl (C=O) groups excluding carboxylic acids is 2. The Hall–Kier alpha value is -2.09.